The Hall–Kier alpha value is -2.55. The van der Waals surface area contributed by atoms with Gasteiger partial charge in [0.15, 0.2) is 0 Å². The topological polar surface area (TPSA) is 52.3 Å². The van der Waals surface area contributed by atoms with Gasteiger partial charge in [-0.3, -0.25) is 0 Å². The molecule has 132 valence electrons. The van der Waals surface area contributed by atoms with Crippen LogP contribution in [0.2, 0.25) is 0 Å². The molecule has 1 unspecified atom stereocenters. The summed E-state index contributed by atoms with van der Waals surface area (Å²) < 4.78 is 5.29. The predicted molar refractivity (Wildman–Crippen MR) is 105 cm³/mol. The van der Waals surface area contributed by atoms with Crippen molar-refractivity contribution in [2.45, 2.75) is 34.1 Å². The third-order valence-corrected chi connectivity index (χ3v) is 4.44. The molecule has 1 atom stereocenters. The molecule has 25 heavy (non-hydrogen) atoms. The molecule has 0 spiro atoms. The molecule has 0 fully saturated rings. The fourth-order valence-electron chi connectivity index (χ4n) is 2.67. The second kappa shape index (κ2) is 8.52. The molecule has 2 aromatic carbocycles. The number of carbonyl (C=O) groups is 1. The second-order valence-corrected chi connectivity index (χ2v) is 6.27. The largest absolute Gasteiger partial charge is 0.462 e. The van der Waals surface area contributed by atoms with Gasteiger partial charge in [-0.05, 0) is 36.1 Å². The average Bonchev–Trinajstić information content (AvgIpc) is 2.64. The van der Waals surface area contributed by atoms with Crippen molar-refractivity contribution in [1.82, 2.24) is 0 Å². The zero-order chi connectivity index (χ0) is 18.4. The molecule has 0 aromatic heterocycles. The van der Waals surface area contributed by atoms with Crippen LogP contribution in [0.5, 0.6) is 0 Å². The molecule has 0 amide bonds. The van der Waals surface area contributed by atoms with E-state index in [4.69, 9.17) is 10.5 Å². The predicted octanol–water partition coefficient (Wildman–Crippen LogP) is 5.31. The molecule has 0 heterocycles. The minimum absolute atomic E-state index is 0.331. The van der Waals surface area contributed by atoms with Gasteiger partial charge in [0.1, 0.15) is 0 Å². The van der Waals surface area contributed by atoms with Gasteiger partial charge in [-0.25, -0.2) is 4.79 Å². The average molecular weight is 337 g/mol. The van der Waals surface area contributed by atoms with Gasteiger partial charge in [-0.2, -0.15) is 0 Å². The third-order valence-electron chi connectivity index (χ3n) is 4.44. The highest BCUT2D eigenvalue weighted by molar-refractivity contribution is 6.08. The Kier molecular flexibility index (Phi) is 6.40. The molecular weight excluding hydrogens is 310 g/mol. The summed E-state index contributed by atoms with van der Waals surface area (Å²) in [7, 11) is 0. The number of nitrogens with two attached hydrogens (primary N) is 1. The molecular formula is C22H27NO2. The first-order valence-electron chi connectivity index (χ1n) is 8.83. The standard InChI is InChI=1S/C22H27NO2/c1-5-15(3)11-12-16(4)21(23)19-14-13-17-9-7-8-10-18(17)20(19)22(24)25-6-2/h7-15H,5-6,23H2,1-4H3/b12-11-,21-16+. The van der Waals surface area contributed by atoms with Crippen LogP contribution in [0.25, 0.3) is 16.5 Å². The summed E-state index contributed by atoms with van der Waals surface area (Å²) in [6, 6.07) is 11.7. The van der Waals surface area contributed by atoms with Gasteiger partial charge in [0.05, 0.1) is 12.2 Å². The van der Waals surface area contributed by atoms with Crippen molar-refractivity contribution in [1.29, 1.82) is 0 Å². The van der Waals surface area contributed by atoms with Gasteiger partial charge in [-0.15, -0.1) is 0 Å². The number of ether oxygens (including phenoxy) is 1. The van der Waals surface area contributed by atoms with Crippen LogP contribution in [0, 0.1) is 5.92 Å². The highest BCUT2D eigenvalue weighted by Crippen LogP contribution is 2.28. The van der Waals surface area contributed by atoms with Crippen molar-refractivity contribution in [2.75, 3.05) is 6.61 Å². The van der Waals surface area contributed by atoms with Gasteiger partial charge < -0.3 is 10.5 Å². The molecule has 3 heteroatoms. The van der Waals surface area contributed by atoms with Crippen LogP contribution in [-0.2, 0) is 4.74 Å². The second-order valence-electron chi connectivity index (χ2n) is 6.27. The smallest absolute Gasteiger partial charge is 0.339 e. The molecule has 0 saturated heterocycles. The highest BCUT2D eigenvalue weighted by Gasteiger charge is 2.18. The normalized spacial score (nSPS) is 13.8. The van der Waals surface area contributed by atoms with Crippen LogP contribution in [0.1, 0.15) is 50.0 Å². The van der Waals surface area contributed by atoms with E-state index in [0.29, 0.717) is 23.8 Å². The number of carbonyl (C=O) groups excluding carboxylic acids is 1. The number of allylic oxidation sites excluding steroid dienone is 3. The van der Waals surface area contributed by atoms with E-state index >= 15 is 0 Å². The lowest BCUT2D eigenvalue weighted by molar-refractivity contribution is 0.0528. The van der Waals surface area contributed by atoms with E-state index in [1.807, 2.05) is 56.3 Å². The first kappa shape index (κ1) is 18.8. The maximum Gasteiger partial charge on any atom is 0.339 e. The molecule has 2 rings (SSSR count). The van der Waals surface area contributed by atoms with Crippen LogP contribution in [-0.4, -0.2) is 12.6 Å². The number of fused-ring (bicyclic) bond motifs is 1. The van der Waals surface area contributed by atoms with Gasteiger partial charge in [0.25, 0.3) is 0 Å². The van der Waals surface area contributed by atoms with E-state index in [1.165, 1.54) is 0 Å². The lowest BCUT2D eigenvalue weighted by Gasteiger charge is -2.14. The molecule has 0 radical (unpaired) electrons. The Bertz CT molecular complexity index is 818. The molecule has 0 aliphatic heterocycles. The lowest BCUT2D eigenvalue weighted by atomic mass is 9.95. The first-order chi connectivity index (χ1) is 12.0. The Balaban J connectivity index is 2.62. The summed E-state index contributed by atoms with van der Waals surface area (Å²) in [6.45, 7) is 8.43. The summed E-state index contributed by atoms with van der Waals surface area (Å²) in [4.78, 5) is 12.6. The van der Waals surface area contributed by atoms with Crippen LogP contribution in [0.15, 0.2) is 54.1 Å². The molecule has 2 aromatic rings. The maximum atomic E-state index is 12.6. The number of rotatable bonds is 6. The van der Waals surface area contributed by atoms with Gasteiger partial charge in [0, 0.05) is 11.3 Å². The van der Waals surface area contributed by atoms with E-state index in [-0.39, 0.29) is 5.97 Å². The number of benzene rings is 2. The lowest BCUT2D eigenvalue weighted by Crippen LogP contribution is -2.12. The van der Waals surface area contributed by atoms with Gasteiger partial charge >= 0.3 is 5.97 Å². The maximum absolute atomic E-state index is 12.6. The molecule has 2 N–H and O–H groups in total. The summed E-state index contributed by atoms with van der Waals surface area (Å²) in [5, 5.41) is 1.86. The van der Waals surface area contributed by atoms with Crippen LogP contribution >= 0.6 is 0 Å². The van der Waals surface area contributed by atoms with E-state index in [0.717, 1.165) is 28.3 Å². The Labute approximate surface area is 150 Å². The van der Waals surface area contributed by atoms with Crippen molar-refractivity contribution in [2.24, 2.45) is 11.7 Å². The van der Waals surface area contributed by atoms with Gasteiger partial charge in [-0.1, -0.05) is 68.8 Å². The monoisotopic (exact) mass is 337 g/mol. The van der Waals surface area contributed by atoms with E-state index in [2.05, 4.69) is 19.9 Å². The van der Waals surface area contributed by atoms with Crippen molar-refractivity contribution >= 4 is 22.4 Å². The summed E-state index contributed by atoms with van der Waals surface area (Å²) >= 11 is 0. The van der Waals surface area contributed by atoms with E-state index in [1.54, 1.807) is 0 Å². The summed E-state index contributed by atoms with van der Waals surface area (Å²) in [5.74, 6) is 0.153. The van der Waals surface area contributed by atoms with Crippen LogP contribution in [0.4, 0.5) is 0 Å². The molecule has 0 aliphatic rings. The summed E-state index contributed by atoms with van der Waals surface area (Å²) in [6.07, 6.45) is 5.26. The number of esters is 1. The minimum Gasteiger partial charge on any atom is -0.462 e. The number of hydrogen-bond donors (Lipinski definition) is 1. The fourth-order valence-corrected chi connectivity index (χ4v) is 2.67. The van der Waals surface area contributed by atoms with E-state index < -0.39 is 0 Å². The van der Waals surface area contributed by atoms with Crippen LogP contribution < -0.4 is 5.73 Å². The van der Waals surface area contributed by atoms with Crippen molar-refractivity contribution in [3.63, 3.8) is 0 Å². The van der Waals surface area contributed by atoms with Gasteiger partial charge in [0.2, 0.25) is 0 Å². The zero-order valence-corrected chi connectivity index (χ0v) is 15.5. The van der Waals surface area contributed by atoms with E-state index in [9.17, 15) is 4.79 Å². The molecule has 0 bridgehead atoms. The Morgan fingerprint density at radius 3 is 2.60 bits per heavy atom. The Morgan fingerprint density at radius 1 is 1.20 bits per heavy atom. The Morgan fingerprint density at radius 2 is 1.92 bits per heavy atom. The molecule has 3 nitrogen and oxygen atoms in total. The quantitative estimate of drug-likeness (QED) is 0.574. The molecule has 0 saturated carbocycles. The fraction of sp³-hybridized carbons (Fsp3) is 0.318. The number of hydrogen-bond acceptors (Lipinski definition) is 3. The highest BCUT2D eigenvalue weighted by atomic mass is 16.5. The minimum atomic E-state index is -0.337. The van der Waals surface area contributed by atoms with Crippen molar-refractivity contribution in [3.05, 3.63) is 65.3 Å². The zero-order valence-electron chi connectivity index (χ0n) is 15.5. The van der Waals surface area contributed by atoms with Crippen molar-refractivity contribution < 1.29 is 9.53 Å². The SMILES string of the molecule is CCOC(=O)c1c(/C(N)=C(C)\C=C/C(C)CC)ccc2ccccc12. The first-order valence-corrected chi connectivity index (χ1v) is 8.83. The summed E-state index contributed by atoms with van der Waals surface area (Å²) in [5.41, 5.74) is 9.22. The van der Waals surface area contributed by atoms with Crippen molar-refractivity contribution in [3.8, 4) is 0 Å². The molecule has 0 aliphatic carbocycles. The third kappa shape index (κ3) is 4.30. The van der Waals surface area contributed by atoms with Crippen LogP contribution in [0.3, 0.4) is 0 Å².